The molecule has 0 aliphatic carbocycles. The van der Waals surface area contributed by atoms with E-state index in [2.05, 4.69) is 37.2 Å². The molecule has 2 rings (SSSR count). The van der Waals surface area contributed by atoms with E-state index in [-0.39, 0.29) is 16.8 Å². The van der Waals surface area contributed by atoms with E-state index >= 15 is 0 Å². The number of imidazole rings is 1. The minimum atomic E-state index is -0.824. The van der Waals surface area contributed by atoms with Crippen LogP contribution in [0.5, 0.6) is 0 Å². The molecule has 5 nitrogen and oxygen atoms in total. The molecular weight excluding hydrogens is 288 g/mol. The number of aromatic nitrogens is 2. The van der Waals surface area contributed by atoms with Crippen molar-refractivity contribution in [3.63, 3.8) is 0 Å². The Hall–Kier alpha value is -1.01. The number of hydrogen-bond acceptors (Lipinski definition) is 4. The van der Waals surface area contributed by atoms with Crippen molar-refractivity contribution < 1.29 is 14.6 Å². The van der Waals surface area contributed by atoms with Gasteiger partial charge in [-0.05, 0) is 19.8 Å². The van der Waals surface area contributed by atoms with E-state index in [1.54, 1.807) is 0 Å². The number of hydrogen-bond donors (Lipinski definition) is 1. The van der Waals surface area contributed by atoms with Gasteiger partial charge in [0.05, 0.1) is 17.9 Å². The van der Waals surface area contributed by atoms with E-state index in [4.69, 9.17) is 9.84 Å². The van der Waals surface area contributed by atoms with Crippen molar-refractivity contribution in [2.75, 3.05) is 12.4 Å². The molecule has 1 aromatic heterocycles. The number of ether oxygens (including phenoxy) is 1. The van der Waals surface area contributed by atoms with Crippen molar-refractivity contribution in [3.8, 4) is 0 Å². The lowest BCUT2D eigenvalue weighted by Gasteiger charge is -2.29. The lowest BCUT2D eigenvalue weighted by atomic mass is 9.92. The summed E-state index contributed by atoms with van der Waals surface area (Å²) in [4.78, 5) is 15.2. The molecule has 0 bridgehead atoms. The summed E-state index contributed by atoms with van der Waals surface area (Å²) in [7, 11) is 0. The van der Waals surface area contributed by atoms with Crippen LogP contribution in [0.25, 0.3) is 0 Å². The molecule has 0 radical (unpaired) electrons. The van der Waals surface area contributed by atoms with Crippen LogP contribution in [0.1, 0.15) is 46.2 Å². The van der Waals surface area contributed by atoms with E-state index in [9.17, 15) is 4.79 Å². The molecule has 0 saturated carbocycles. The van der Waals surface area contributed by atoms with Crippen molar-refractivity contribution in [1.29, 1.82) is 0 Å². The number of carboxylic acids is 1. The number of carbonyl (C=O) groups is 1. The Morgan fingerprint density at radius 1 is 1.57 bits per heavy atom. The van der Waals surface area contributed by atoms with Gasteiger partial charge in [0.25, 0.3) is 0 Å². The van der Waals surface area contributed by atoms with Crippen LogP contribution in [0.4, 0.5) is 0 Å². The topological polar surface area (TPSA) is 64.4 Å². The molecule has 1 unspecified atom stereocenters. The predicted molar refractivity (Wildman–Crippen MR) is 82.9 cm³/mol. The largest absolute Gasteiger partial charge is 0.481 e. The summed E-state index contributed by atoms with van der Waals surface area (Å²) >= 11 is 1.27. The molecule has 1 fully saturated rings. The second kappa shape index (κ2) is 6.01. The summed E-state index contributed by atoms with van der Waals surface area (Å²) in [6, 6.07) is 0. The van der Waals surface area contributed by atoms with E-state index < -0.39 is 5.97 Å². The van der Waals surface area contributed by atoms with E-state index in [0.29, 0.717) is 0 Å². The molecule has 118 valence electrons. The third kappa shape index (κ3) is 4.01. The molecule has 21 heavy (non-hydrogen) atoms. The number of aliphatic carboxylic acids is 1. The van der Waals surface area contributed by atoms with Crippen LogP contribution >= 0.6 is 11.8 Å². The molecule has 0 aromatic carbocycles. The zero-order chi connectivity index (χ0) is 15.7. The highest BCUT2D eigenvalue weighted by molar-refractivity contribution is 7.99. The third-order valence-electron chi connectivity index (χ3n) is 3.71. The second-order valence-electron chi connectivity index (χ2n) is 6.85. The van der Waals surface area contributed by atoms with Crippen LogP contribution in [0.15, 0.2) is 11.4 Å². The molecule has 1 aliphatic heterocycles. The zero-order valence-electron chi connectivity index (χ0n) is 13.2. The van der Waals surface area contributed by atoms with Crippen molar-refractivity contribution in [3.05, 3.63) is 11.9 Å². The van der Waals surface area contributed by atoms with Gasteiger partial charge < -0.3 is 14.4 Å². The minimum Gasteiger partial charge on any atom is -0.481 e. The lowest BCUT2D eigenvalue weighted by Crippen LogP contribution is -2.32. The van der Waals surface area contributed by atoms with Crippen LogP contribution in [0.3, 0.4) is 0 Å². The smallest absolute Gasteiger partial charge is 0.313 e. The number of rotatable bonds is 5. The Kier molecular flexibility index (Phi) is 4.68. The first-order chi connectivity index (χ1) is 9.71. The van der Waals surface area contributed by atoms with E-state index in [0.717, 1.165) is 36.8 Å². The Labute approximate surface area is 130 Å². The first kappa shape index (κ1) is 16.4. The monoisotopic (exact) mass is 312 g/mol. The number of nitrogens with zero attached hydrogens (tertiary/aromatic N) is 2. The van der Waals surface area contributed by atoms with Crippen LogP contribution in [-0.4, -0.2) is 38.6 Å². The Morgan fingerprint density at radius 3 is 2.81 bits per heavy atom. The summed E-state index contributed by atoms with van der Waals surface area (Å²) in [5.41, 5.74) is 0.899. The summed E-state index contributed by atoms with van der Waals surface area (Å²) in [6.07, 6.45) is 3.97. The quantitative estimate of drug-likeness (QED) is 0.847. The van der Waals surface area contributed by atoms with Gasteiger partial charge in [0.15, 0.2) is 5.16 Å². The summed E-state index contributed by atoms with van der Waals surface area (Å²) < 4.78 is 8.03. The minimum absolute atomic E-state index is 0.0260. The SMILES string of the molecule is CC1(Cn2c(C(C)(C)C)cnc2SCC(=O)O)CCCO1. The van der Waals surface area contributed by atoms with Crippen LogP contribution in [-0.2, 0) is 21.5 Å². The van der Waals surface area contributed by atoms with Crippen molar-refractivity contribution in [2.45, 2.75) is 63.3 Å². The molecule has 6 heteroatoms. The van der Waals surface area contributed by atoms with E-state index in [1.807, 2.05) is 6.20 Å². The van der Waals surface area contributed by atoms with Crippen molar-refractivity contribution in [1.82, 2.24) is 9.55 Å². The molecule has 0 spiro atoms. The zero-order valence-corrected chi connectivity index (χ0v) is 14.0. The van der Waals surface area contributed by atoms with Gasteiger partial charge >= 0.3 is 5.97 Å². The normalized spacial score (nSPS) is 22.7. The van der Waals surface area contributed by atoms with Gasteiger partial charge in [0.2, 0.25) is 0 Å². The van der Waals surface area contributed by atoms with E-state index in [1.165, 1.54) is 11.8 Å². The lowest BCUT2D eigenvalue weighted by molar-refractivity contribution is -0.133. The maximum Gasteiger partial charge on any atom is 0.313 e. The molecule has 0 amide bonds. The summed E-state index contributed by atoms with van der Waals surface area (Å²) in [6.45, 7) is 10.1. The highest BCUT2D eigenvalue weighted by Crippen LogP contribution is 2.33. The first-order valence-electron chi connectivity index (χ1n) is 7.26. The molecule has 1 saturated heterocycles. The van der Waals surface area contributed by atoms with Gasteiger partial charge in [-0.2, -0.15) is 0 Å². The van der Waals surface area contributed by atoms with Gasteiger partial charge in [-0.15, -0.1) is 0 Å². The average molecular weight is 312 g/mol. The van der Waals surface area contributed by atoms with Gasteiger partial charge in [-0.25, -0.2) is 4.98 Å². The third-order valence-corrected chi connectivity index (χ3v) is 4.68. The Balaban J connectivity index is 2.29. The standard InChI is InChI=1S/C15H24N2O3S/c1-14(2,3)11-8-16-13(21-9-12(18)19)17(11)10-15(4)6-5-7-20-15/h8H,5-7,9-10H2,1-4H3,(H,18,19). The molecule has 1 aliphatic rings. The fraction of sp³-hybridized carbons (Fsp3) is 0.733. The van der Waals surface area contributed by atoms with Crippen LogP contribution in [0.2, 0.25) is 0 Å². The predicted octanol–water partition coefficient (Wildman–Crippen LogP) is 2.93. The average Bonchev–Trinajstić information content (AvgIpc) is 2.93. The summed E-state index contributed by atoms with van der Waals surface area (Å²) in [5.74, 6) is -0.798. The van der Waals surface area contributed by atoms with Crippen molar-refractivity contribution >= 4 is 17.7 Å². The molecule has 1 aromatic rings. The maximum absolute atomic E-state index is 10.8. The van der Waals surface area contributed by atoms with Gasteiger partial charge in [-0.1, -0.05) is 32.5 Å². The summed E-state index contributed by atoms with van der Waals surface area (Å²) in [5, 5.41) is 9.65. The first-order valence-corrected chi connectivity index (χ1v) is 8.24. The number of carboxylic acid groups (broad SMARTS) is 1. The number of thioether (sulfide) groups is 1. The van der Waals surface area contributed by atoms with Gasteiger partial charge in [-0.3, -0.25) is 4.79 Å². The fourth-order valence-electron chi connectivity index (χ4n) is 2.65. The molecule has 1 atom stereocenters. The Morgan fingerprint density at radius 2 is 2.29 bits per heavy atom. The second-order valence-corrected chi connectivity index (χ2v) is 7.79. The van der Waals surface area contributed by atoms with Gasteiger partial charge in [0.1, 0.15) is 0 Å². The highest BCUT2D eigenvalue weighted by atomic mass is 32.2. The fourth-order valence-corrected chi connectivity index (χ4v) is 3.35. The maximum atomic E-state index is 10.8. The highest BCUT2D eigenvalue weighted by Gasteiger charge is 2.33. The Bertz CT molecular complexity index is 513. The van der Waals surface area contributed by atoms with Crippen molar-refractivity contribution in [2.24, 2.45) is 0 Å². The molecule has 1 N–H and O–H groups in total. The van der Waals surface area contributed by atoms with Crippen LogP contribution < -0.4 is 0 Å². The molecule has 2 heterocycles. The van der Waals surface area contributed by atoms with Gasteiger partial charge in [0, 0.05) is 23.9 Å². The van der Waals surface area contributed by atoms with Crippen LogP contribution in [0, 0.1) is 0 Å². The molecular formula is C15H24N2O3S.